The number of nitrogens with zero attached hydrogens (tertiary/aromatic N) is 3. The molecule has 170 valence electrons. The first-order valence-corrected chi connectivity index (χ1v) is 12.7. The molecule has 3 heterocycles. The first-order valence-electron chi connectivity index (χ1n) is 11.8. The molecule has 1 atom stereocenters. The van der Waals surface area contributed by atoms with Gasteiger partial charge in [-0.2, -0.15) is 0 Å². The van der Waals surface area contributed by atoms with Gasteiger partial charge >= 0.3 is 0 Å². The van der Waals surface area contributed by atoms with E-state index in [-0.39, 0.29) is 5.56 Å². The van der Waals surface area contributed by atoms with Gasteiger partial charge in [0.15, 0.2) is 0 Å². The van der Waals surface area contributed by atoms with Crippen molar-refractivity contribution in [1.82, 2.24) is 19.9 Å². The minimum atomic E-state index is 0.0819. The number of aryl methyl sites for hydroxylation is 1. The maximum Gasteiger partial charge on any atom is 0.262 e. The topological polar surface area (TPSA) is 59.8 Å². The highest BCUT2D eigenvalue weighted by Crippen LogP contribution is 2.33. The number of fused-ring (bicyclic) bond motifs is 4. The van der Waals surface area contributed by atoms with Crippen LogP contribution >= 0.6 is 11.3 Å². The quantitative estimate of drug-likeness (QED) is 0.393. The Morgan fingerprint density at radius 2 is 2.00 bits per heavy atom. The van der Waals surface area contributed by atoms with E-state index in [4.69, 9.17) is 4.98 Å². The zero-order valence-electron chi connectivity index (χ0n) is 18.9. The van der Waals surface area contributed by atoms with Gasteiger partial charge in [0.1, 0.15) is 4.83 Å². The zero-order valence-corrected chi connectivity index (χ0v) is 19.7. The van der Waals surface area contributed by atoms with Gasteiger partial charge in [-0.15, -0.1) is 11.3 Å². The molecule has 0 fully saturated rings. The molecular weight excluding hydrogens is 440 g/mol. The van der Waals surface area contributed by atoms with Crippen LogP contribution in [0.1, 0.15) is 28.0 Å². The fourth-order valence-electron chi connectivity index (χ4n) is 5.07. The van der Waals surface area contributed by atoms with Crippen molar-refractivity contribution in [1.29, 1.82) is 0 Å². The summed E-state index contributed by atoms with van der Waals surface area (Å²) in [6.07, 6.45) is 9.37. The Bertz CT molecular complexity index is 1520. The molecule has 6 heteroatoms. The Hall–Kier alpha value is -3.35. The fraction of sp³-hybridized carbons (Fsp3) is 0.250. The lowest BCUT2D eigenvalue weighted by atomic mass is 9.93. The SMILES string of the molecule is O=c1c2c3c(sc2ncn1Cc1cccc2ccccc12)CC(NCCc1cccnc1)CC3. The van der Waals surface area contributed by atoms with Crippen LogP contribution in [0.3, 0.4) is 0 Å². The number of hydrogen-bond donors (Lipinski definition) is 1. The van der Waals surface area contributed by atoms with Crippen molar-refractivity contribution in [2.45, 2.75) is 38.3 Å². The lowest BCUT2D eigenvalue weighted by Crippen LogP contribution is -2.35. The van der Waals surface area contributed by atoms with Crippen molar-refractivity contribution in [2.24, 2.45) is 0 Å². The van der Waals surface area contributed by atoms with E-state index in [0.717, 1.165) is 48.0 Å². The smallest absolute Gasteiger partial charge is 0.262 e. The van der Waals surface area contributed by atoms with Crippen LogP contribution in [0.4, 0.5) is 0 Å². The molecule has 5 nitrogen and oxygen atoms in total. The molecule has 34 heavy (non-hydrogen) atoms. The standard InChI is InChI=1S/C28H26N4OS/c33-28-26-24-11-10-22(30-14-12-19-5-4-13-29-16-19)15-25(24)34-27(26)31-18-32(28)17-21-8-3-7-20-6-1-2-9-23(20)21/h1-9,13,16,18,22,30H,10-12,14-15,17H2. The van der Waals surface area contributed by atoms with Crippen LogP contribution in [0.25, 0.3) is 21.0 Å². The maximum atomic E-state index is 13.5. The molecule has 1 unspecified atom stereocenters. The Morgan fingerprint density at radius 3 is 2.91 bits per heavy atom. The number of aromatic nitrogens is 3. The third-order valence-electron chi connectivity index (χ3n) is 6.83. The monoisotopic (exact) mass is 466 g/mol. The van der Waals surface area contributed by atoms with E-state index in [1.165, 1.54) is 26.8 Å². The van der Waals surface area contributed by atoms with Crippen LogP contribution in [-0.2, 0) is 25.8 Å². The summed E-state index contributed by atoms with van der Waals surface area (Å²) < 4.78 is 1.77. The zero-order chi connectivity index (χ0) is 22.9. The van der Waals surface area contributed by atoms with E-state index in [9.17, 15) is 4.79 Å². The first kappa shape index (κ1) is 21.2. The molecule has 0 aliphatic heterocycles. The summed E-state index contributed by atoms with van der Waals surface area (Å²) >= 11 is 1.69. The van der Waals surface area contributed by atoms with Crippen molar-refractivity contribution in [3.05, 3.63) is 105 Å². The summed E-state index contributed by atoms with van der Waals surface area (Å²) in [4.78, 5) is 24.6. The largest absolute Gasteiger partial charge is 0.313 e. The van der Waals surface area contributed by atoms with Gasteiger partial charge < -0.3 is 5.32 Å². The van der Waals surface area contributed by atoms with Crippen LogP contribution < -0.4 is 10.9 Å². The van der Waals surface area contributed by atoms with Crippen molar-refractivity contribution in [2.75, 3.05) is 6.54 Å². The van der Waals surface area contributed by atoms with Crippen LogP contribution in [0.2, 0.25) is 0 Å². The predicted molar refractivity (Wildman–Crippen MR) is 139 cm³/mol. The second-order valence-electron chi connectivity index (χ2n) is 9.00. The Morgan fingerprint density at radius 1 is 1.09 bits per heavy atom. The van der Waals surface area contributed by atoms with Crippen molar-refractivity contribution in [3.8, 4) is 0 Å². The Labute approximate surface area is 202 Å². The van der Waals surface area contributed by atoms with Gasteiger partial charge in [-0.05, 0) is 65.8 Å². The molecule has 0 saturated carbocycles. The number of pyridine rings is 1. The Balaban J connectivity index is 1.23. The van der Waals surface area contributed by atoms with Crippen LogP contribution in [0, 0.1) is 0 Å². The molecule has 1 aliphatic carbocycles. The van der Waals surface area contributed by atoms with Crippen molar-refractivity contribution >= 4 is 32.3 Å². The number of hydrogen-bond acceptors (Lipinski definition) is 5. The third-order valence-corrected chi connectivity index (χ3v) is 7.99. The minimum Gasteiger partial charge on any atom is -0.313 e. The highest BCUT2D eigenvalue weighted by atomic mass is 32.1. The third kappa shape index (κ3) is 4.04. The summed E-state index contributed by atoms with van der Waals surface area (Å²) in [6, 6.07) is 19.1. The van der Waals surface area contributed by atoms with E-state index < -0.39 is 0 Å². The van der Waals surface area contributed by atoms with E-state index >= 15 is 0 Å². The van der Waals surface area contributed by atoms with Crippen LogP contribution in [0.5, 0.6) is 0 Å². The predicted octanol–water partition coefficient (Wildman–Crippen LogP) is 4.74. The molecule has 0 radical (unpaired) electrons. The second-order valence-corrected chi connectivity index (χ2v) is 10.1. The lowest BCUT2D eigenvalue weighted by molar-refractivity contribution is 0.466. The molecule has 1 N–H and O–H groups in total. The molecule has 2 aromatic carbocycles. The summed E-state index contributed by atoms with van der Waals surface area (Å²) in [5.74, 6) is 0. The van der Waals surface area contributed by atoms with Gasteiger partial charge in [0.25, 0.3) is 5.56 Å². The number of nitrogens with one attached hydrogen (secondary N) is 1. The van der Waals surface area contributed by atoms with E-state index in [0.29, 0.717) is 12.6 Å². The molecule has 0 spiro atoms. The normalized spacial score (nSPS) is 15.6. The molecule has 5 aromatic rings. The van der Waals surface area contributed by atoms with Crippen LogP contribution in [0.15, 0.2) is 78.1 Å². The second kappa shape index (κ2) is 9.12. The molecule has 6 rings (SSSR count). The summed E-state index contributed by atoms with van der Waals surface area (Å²) in [5, 5.41) is 6.91. The van der Waals surface area contributed by atoms with Crippen LogP contribution in [-0.4, -0.2) is 27.1 Å². The molecular formula is C28H26N4OS. The van der Waals surface area contributed by atoms with Gasteiger partial charge in [-0.25, -0.2) is 4.98 Å². The number of thiophene rings is 1. The van der Waals surface area contributed by atoms with Gasteiger partial charge in [-0.1, -0.05) is 48.5 Å². The molecule has 0 saturated heterocycles. The summed E-state index contributed by atoms with van der Waals surface area (Å²) in [7, 11) is 0. The Kier molecular flexibility index (Phi) is 5.69. The highest BCUT2D eigenvalue weighted by molar-refractivity contribution is 7.18. The van der Waals surface area contributed by atoms with Gasteiger partial charge in [0, 0.05) is 23.3 Å². The van der Waals surface area contributed by atoms with E-state index in [1.807, 2.05) is 30.6 Å². The minimum absolute atomic E-state index is 0.0819. The van der Waals surface area contributed by atoms with Crippen molar-refractivity contribution in [3.63, 3.8) is 0 Å². The first-order chi connectivity index (χ1) is 16.8. The van der Waals surface area contributed by atoms with Gasteiger partial charge in [-0.3, -0.25) is 14.3 Å². The average molecular weight is 467 g/mol. The molecule has 0 amide bonds. The van der Waals surface area contributed by atoms with Gasteiger partial charge in [0.2, 0.25) is 0 Å². The number of benzene rings is 2. The molecule has 1 aliphatic rings. The highest BCUT2D eigenvalue weighted by Gasteiger charge is 2.25. The summed E-state index contributed by atoms with van der Waals surface area (Å²) in [6.45, 7) is 1.47. The van der Waals surface area contributed by atoms with E-state index in [1.54, 1.807) is 22.2 Å². The average Bonchev–Trinajstić information content (AvgIpc) is 3.25. The fourth-order valence-corrected chi connectivity index (χ4v) is 6.33. The lowest BCUT2D eigenvalue weighted by Gasteiger charge is -2.23. The maximum absolute atomic E-state index is 13.5. The molecule has 3 aromatic heterocycles. The number of rotatable bonds is 6. The molecule has 0 bridgehead atoms. The van der Waals surface area contributed by atoms with Gasteiger partial charge in [0.05, 0.1) is 18.3 Å². The summed E-state index contributed by atoms with van der Waals surface area (Å²) in [5.41, 5.74) is 3.70. The van der Waals surface area contributed by atoms with E-state index in [2.05, 4.69) is 46.7 Å². The van der Waals surface area contributed by atoms with Crippen molar-refractivity contribution < 1.29 is 0 Å².